The smallest absolute Gasteiger partial charge is 0.359 e. The predicted molar refractivity (Wildman–Crippen MR) is 83.7 cm³/mol. The number of carbonyl (C=O) groups is 2. The van der Waals surface area contributed by atoms with Crippen LogP contribution in [0.3, 0.4) is 0 Å². The number of nitrogens with zero attached hydrogens (tertiary/aromatic N) is 3. The van der Waals surface area contributed by atoms with Crippen LogP contribution in [0.5, 0.6) is 0 Å². The van der Waals surface area contributed by atoms with Gasteiger partial charge < -0.3 is 16.2 Å². The first-order valence-corrected chi connectivity index (χ1v) is 7.42. The van der Waals surface area contributed by atoms with Crippen LogP contribution >= 0.6 is 0 Å². The number of aliphatic carboxylic acids is 1. The summed E-state index contributed by atoms with van der Waals surface area (Å²) in [5.41, 5.74) is 6.49. The maximum Gasteiger partial charge on any atom is 0.359 e. The van der Waals surface area contributed by atoms with Gasteiger partial charge in [0.1, 0.15) is 17.6 Å². The van der Waals surface area contributed by atoms with Crippen molar-refractivity contribution in [3.05, 3.63) is 36.3 Å². The molecule has 8 nitrogen and oxygen atoms in total. The minimum atomic E-state index is -1.03. The Kier molecular flexibility index (Phi) is 5.96. The van der Waals surface area contributed by atoms with Gasteiger partial charge in [0.25, 0.3) is 0 Å². The molecule has 1 amide bonds. The Morgan fingerprint density at radius 1 is 1.29 bits per heavy atom. The number of rotatable bonds is 7. The maximum atomic E-state index is 12.9. The average Bonchev–Trinajstić information content (AvgIpc) is 3.04. The first-order chi connectivity index (χ1) is 11.5. The van der Waals surface area contributed by atoms with Gasteiger partial charge in [-0.15, -0.1) is 5.10 Å². The van der Waals surface area contributed by atoms with Crippen LogP contribution in [0.4, 0.5) is 9.18 Å². The van der Waals surface area contributed by atoms with Crippen LogP contribution in [0.1, 0.15) is 19.3 Å². The van der Waals surface area contributed by atoms with Crippen molar-refractivity contribution in [2.24, 2.45) is 5.73 Å². The summed E-state index contributed by atoms with van der Waals surface area (Å²) in [5.74, 6) is -1.39. The van der Waals surface area contributed by atoms with E-state index in [-0.39, 0.29) is 5.82 Å². The van der Waals surface area contributed by atoms with E-state index in [0.717, 1.165) is 4.80 Å². The van der Waals surface area contributed by atoms with Gasteiger partial charge in [-0.2, -0.15) is 5.10 Å². The molecule has 128 valence electrons. The minimum absolute atomic E-state index is 0.347. The lowest BCUT2D eigenvalue weighted by Crippen LogP contribution is -2.32. The van der Waals surface area contributed by atoms with Crippen molar-refractivity contribution in [2.75, 3.05) is 6.54 Å². The number of carbonyl (C=O) groups excluding carboxylic acids is 1. The zero-order chi connectivity index (χ0) is 17.5. The summed E-state index contributed by atoms with van der Waals surface area (Å²) in [5, 5.41) is 19.2. The molecule has 4 N–H and O–H groups in total. The number of benzene rings is 1. The van der Waals surface area contributed by atoms with Crippen LogP contribution < -0.4 is 11.1 Å². The van der Waals surface area contributed by atoms with Crippen LogP contribution in [0.25, 0.3) is 11.3 Å². The molecular formula is C15H18FN5O3. The zero-order valence-corrected chi connectivity index (χ0v) is 12.9. The number of nitrogens with two attached hydrogens (primary N) is 1. The molecule has 0 saturated carbocycles. The summed E-state index contributed by atoms with van der Waals surface area (Å²) in [6.45, 7) is 0.360. The molecule has 2 rings (SSSR count). The molecule has 0 aliphatic heterocycles. The molecule has 1 atom stereocenters. The molecule has 0 radical (unpaired) electrons. The van der Waals surface area contributed by atoms with Gasteiger partial charge in [0, 0.05) is 12.1 Å². The fourth-order valence-corrected chi connectivity index (χ4v) is 1.99. The molecule has 9 heteroatoms. The number of carboxylic acid groups (broad SMARTS) is 1. The summed E-state index contributed by atoms with van der Waals surface area (Å²) in [7, 11) is 0. The van der Waals surface area contributed by atoms with Gasteiger partial charge in [0.05, 0.1) is 6.20 Å². The molecule has 0 aliphatic carbocycles. The van der Waals surface area contributed by atoms with Gasteiger partial charge in [0.15, 0.2) is 0 Å². The Bertz CT molecular complexity index is 701. The highest BCUT2D eigenvalue weighted by Gasteiger charge is 2.12. The van der Waals surface area contributed by atoms with Gasteiger partial charge in [-0.05, 0) is 43.5 Å². The fraction of sp³-hybridized carbons (Fsp3) is 0.333. The summed E-state index contributed by atoms with van der Waals surface area (Å²) < 4.78 is 12.9. The van der Waals surface area contributed by atoms with Gasteiger partial charge in [-0.3, -0.25) is 4.79 Å². The highest BCUT2D eigenvalue weighted by Crippen LogP contribution is 2.15. The Morgan fingerprint density at radius 2 is 2.00 bits per heavy atom. The van der Waals surface area contributed by atoms with E-state index in [1.165, 1.54) is 18.3 Å². The zero-order valence-electron chi connectivity index (χ0n) is 12.9. The second-order valence-corrected chi connectivity index (χ2v) is 5.20. The van der Waals surface area contributed by atoms with Gasteiger partial charge in [-0.1, -0.05) is 4.80 Å². The van der Waals surface area contributed by atoms with Gasteiger partial charge in [0.2, 0.25) is 0 Å². The highest BCUT2D eigenvalue weighted by atomic mass is 19.1. The van der Waals surface area contributed by atoms with Crippen molar-refractivity contribution < 1.29 is 19.1 Å². The molecule has 1 aromatic heterocycles. The average molecular weight is 335 g/mol. The van der Waals surface area contributed by atoms with Crippen molar-refractivity contribution in [3.63, 3.8) is 0 Å². The Hall–Kier alpha value is -2.81. The van der Waals surface area contributed by atoms with Gasteiger partial charge in [-0.25, -0.2) is 9.18 Å². The standard InChI is InChI=1S/C15H18FN5O3/c16-11-6-4-10(5-7-11)13-9-19-21(20-13)15(24)18-8-2-1-3-12(17)14(22)23/h4-7,9,12H,1-3,8,17H2,(H,18,24)(H,22,23)/t12-/m0/s1. The monoisotopic (exact) mass is 335 g/mol. The molecule has 0 bridgehead atoms. The number of aromatic nitrogens is 3. The quantitative estimate of drug-likeness (QED) is 0.654. The summed E-state index contributed by atoms with van der Waals surface area (Å²) in [4.78, 5) is 23.4. The van der Waals surface area contributed by atoms with E-state index >= 15 is 0 Å². The largest absolute Gasteiger partial charge is 0.480 e. The second kappa shape index (κ2) is 8.16. The number of halogens is 1. The van der Waals surface area contributed by atoms with E-state index in [1.54, 1.807) is 12.1 Å². The molecule has 0 aliphatic rings. The third kappa shape index (κ3) is 4.85. The summed E-state index contributed by atoms with van der Waals surface area (Å²) in [6.07, 6.45) is 2.94. The van der Waals surface area contributed by atoms with Crippen LogP contribution in [0.2, 0.25) is 0 Å². The normalized spacial score (nSPS) is 11.9. The number of carboxylic acids is 1. The van der Waals surface area contributed by atoms with E-state index in [9.17, 15) is 14.0 Å². The topological polar surface area (TPSA) is 123 Å². The van der Waals surface area contributed by atoms with Crippen LogP contribution in [-0.4, -0.2) is 44.7 Å². The van der Waals surface area contributed by atoms with E-state index in [1.807, 2.05) is 0 Å². The Labute approximate surface area is 137 Å². The van der Waals surface area contributed by atoms with Crippen molar-refractivity contribution in [2.45, 2.75) is 25.3 Å². The van der Waals surface area contributed by atoms with Crippen LogP contribution in [-0.2, 0) is 4.79 Å². The van der Waals surface area contributed by atoms with Crippen molar-refractivity contribution in [1.29, 1.82) is 0 Å². The predicted octanol–water partition coefficient (Wildman–Crippen LogP) is 1.22. The number of amides is 1. The fourth-order valence-electron chi connectivity index (χ4n) is 1.99. The van der Waals surface area contributed by atoms with Crippen LogP contribution in [0, 0.1) is 5.82 Å². The number of hydrogen-bond donors (Lipinski definition) is 3. The lowest BCUT2D eigenvalue weighted by molar-refractivity contribution is -0.138. The van der Waals surface area contributed by atoms with Gasteiger partial charge >= 0.3 is 12.0 Å². The summed E-state index contributed by atoms with van der Waals surface area (Å²) in [6, 6.07) is 4.32. The Balaban J connectivity index is 1.79. The van der Waals surface area contributed by atoms with Crippen molar-refractivity contribution >= 4 is 12.0 Å². The SMILES string of the molecule is N[C@@H](CCCCNC(=O)n1ncc(-c2ccc(F)cc2)n1)C(=O)O. The molecule has 0 fully saturated rings. The summed E-state index contributed by atoms with van der Waals surface area (Å²) >= 11 is 0. The van der Waals surface area contributed by atoms with Crippen molar-refractivity contribution in [3.8, 4) is 11.3 Å². The minimum Gasteiger partial charge on any atom is -0.480 e. The molecule has 0 saturated heterocycles. The third-order valence-corrected chi connectivity index (χ3v) is 3.35. The number of nitrogens with one attached hydrogen (secondary N) is 1. The lowest BCUT2D eigenvalue weighted by Gasteiger charge is -2.06. The lowest BCUT2D eigenvalue weighted by atomic mass is 10.1. The van der Waals surface area contributed by atoms with E-state index < -0.39 is 18.0 Å². The van der Waals surface area contributed by atoms with Crippen LogP contribution in [0.15, 0.2) is 30.5 Å². The van der Waals surface area contributed by atoms with E-state index in [4.69, 9.17) is 10.8 Å². The molecule has 1 heterocycles. The second-order valence-electron chi connectivity index (χ2n) is 5.20. The molecule has 1 aromatic carbocycles. The third-order valence-electron chi connectivity index (χ3n) is 3.35. The Morgan fingerprint density at radius 3 is 2.67 bits per heavy atom. The highest BCUT2D eigenvalue weighted by molar-refractivity contribution is 5.75. The molecular weight excluding hydrogens is 317 g/mol. The first-order valence-electron chi connectivity index (χ1n) is 7.42. The molecule has 0 spiro atoms. The molecule has 24 heavy (non-hydrogen) atoms. The number of hydrogen-bond acceptors (Lipinski definition) is 5. The number of unbranched alkanes of at least 4 members (excludes halogenated alkanes) is 1. The van der Waals surface area contributed by atoms with E-state index in [2.05, 4.69) is 15.5 Å². The maximum absolute atomic E-state index is 12.9. The van der Waals surface area contributed by atoms with E-state index in [0.29, 0.717) is 37.1 Å². The van der Waals surface area contributed by atoms with Crippen molar-refractivity contribution in [1.82, 2.24) is 20.3 Å². The molecule has 2 aromatic rings. The molecule has 0 unspecified atom stereocenters. The first kappa shape index (κ1) is 17.5.